The molecule has 32 heavy (non-hydrogen) atoms. The van der Waals surface area contributed by atoms with Crippen molar-refractivity contribution in [3.8, 4) is 0 Å². The predicted octanol–water partition coefficient (Wildman–Crippen LogP) is 2.36. The average Bonchev–Trinajstić information content (AvgIpc) is 3.22. The number of rotatable bonds is 7. The first-order chi connectivity index (χ1) is 15.4. The lowest BCUT2D eigenvalue weighted by atomic mass is 10.1. The van der Waals surface area contributed by atoms with Gasteiger partial charge in [0, 0.05) is 45.8 Å². The number of carbonyl (C=O) groups excluding carboxylic acids is 1. The van der Waals surface area contributed by atoms with E-state index in [4.69, 9.17) is 4.74 Å². The Bertz CT molecular complexity index is 1180. The van der Waals surface area contributed by atoms with Gasteiger partial charge in [-0.1, -0.05) is 12.1 Å². The van der Waals surface area contributed by atoms with Gasteiger partial charge < -0.3 is 15.0 Å². The zero-order chi connectivity index (χ0) is 22.7. The lowest BCUT2D eigenvalue weighted by Gasteiger charge is -2.30. The summed E-state index contributed by atoms with van der Waals surface area (Å²) in [4.78, 5) is 19.9. The number of hydrogen-bond donors (Lipinski definition) is 1. The summed E-state index contributed by atoms with van der Waals surface area (Å²) >= 11 is 1.61. The van der Waals surface area contributed by atoms with Gasteiger partial charge in [-0.25, -0.2) is 17.7 Å². The molecule has 0 aliphatic carbocycles. The van der Waals surface area contributed by atoms with Gasteiger partial charge in [0.2, 0.25) is 10.0 Å². The third-order valence-electron chi connectivity index (χ3n) is 5.31. The second kappa shape index (κ2) is 9.53. The van der Waals surface area contributed by atoms with Crippen LogP contribution in [0, 0.1) is 0 Å². The molecule has 10 heteroatoms. The van der Waals surface area contributed by atoms with Crippen LogP contribution in [0.3, 0.4) is 0 Å². The van der Waals surface area contributed by atoms with E-state index in [2.05, 4.69) is 15.2 Å². The van der Waals surface area contributed by atoms with Crippen molar-refractivity contribution in [3.63, 3.8) is 0 Å². The van der Waals surface area contributed by atoms with Gasteiger partial charge in [-0.3, -0.25) is 4.79 Å². The zero-order valence-corrected chi connectivity index (χ0v) is 19.7. The fraction of sp³-hybridized carbons (Fsp3) is 0.364. The summed E-state index contributed by atoms with van der Waals surface area (Å²) in [5.41, 5.74) is 2.01. The summed E-state index contributed by atoms with van der Waals surface area (Å²) in [6, 6.07) is 12.7. The smallest absolute Gasteiger partial charge is 0.253 e. The Morgan fingerprint density at radius 1 is 1.19 bits per heavy atom. The number of fused-ring (bicyclic) bond motifs is 1. The standard InChI is InChI=1S/C22H26N4O4S2/c1-25(2)32(28,29)16-7-8-19(26-11-13-30-14-12-26)17(15-16)22(27)23-10-9-21-24-18-5-3-4-6-20(18)31-21/h3-8,15H,9-14H2,1-2H3,(H,23,27). The van der Waals surface area contributed by atoms with Crippen molar-refractivity contribution in [2.24, 2.45) is 0 Å². The molecule has 1 N–H and O–H groups in total. The van der Waals surface area contributed by atoms with Gasteiger partial charge in [0.15, 0.2) is 0 Å². The Kier molecular flexibility index (Phi) is 6.75. The summed E-state index contributed by atoms with van der Waals surface area (Å²) < 4.78 is 32.9. The van der Waals surface area contributed by atoms with Crippen molar-refractivity contribution in [1.82, 2.24) is 14.6 Å². The molecule has 1 aliphatic heterocycles. The summed E-state index contributed by atoms with van der Waals surface area (Å²) in [7, 11) is -0.707. The van der Waals surface area contributed by atoms with Gasteiger partial charge in [0.05, 0.1) is 38.9 Å². The van der Waals surface area contributed by atoms with E-state index >= 15 is 0 Å². The van der Waals surface area contributed by atoms with Crippen molar-refractivity contribution in [1.29, 1.82) is 0 Å². The van der Waals surface area contributed by atoms with Crippen LogP contribution in [0.2, 0.25) is 0 Å². The number of para-hydroxylation sites is 1. The highest BCUT2D eigenvalue weighted by molar-refractivity contribution is 7.89. The van der Waals surface area contributed by atoms with E-state index in [1.807, 2.05) is 24.3 Å². The van der Waals surface area contributed by atoms with Crippen molar-refractivity contribution in [3.05, 3.63) is 53.0 Å². The van der Waals surface area contributed by atoms with Crippen LogP contribution in [0.5, 0.6) is 0 Å². The minimum Gasteiger partial charge on any atom is -0.378 e. The zero-order valence-electron chi connectivity index (χ0n) is 18.1. The molecule has 1 saturated heterocycles. The number of aromatic nitrogens is 1. The van der Waals surface area contributed by atoms with Gasteiger partial charge in [-0.2, -0.15) is 0 Å². The summed E-state index contributed by atoms with van der Waals surface area (Å²) in [6.45, 7) is 2.83. The van der Waals surface area contributed by atoms with Crippen molar-refractivity contribution in [2.45, 2.75) is 11.3 Å². The molecule has 2 heterocycles. The van der Waals surface area contributed by atoms with Gasteiger partial charge in [-0.15, -0.1) is 11.3 Å². The highest BCUT2D eigenvalue weighted by atomic mass is 32.2. The summed E-state index contributed by atoms with van der Waals surface area (Å²) in [5, 5.41) is 3.89. The topological polar surface area (TPSA) is 91.8 Å². The molecule has 1 aromatic heterocycles. The van der Waals surface area contributed by atoms with Crippen LogP contribution in [0.4, 0.5) is 5.69 Å². The Hall–Kier alpha value is -2.53. The highest BCUT2D eigenvalue weighted by Gasteiger charge is 2.24. The van der Waals surface area contributed by atoms with Crippen LogP contribution >= 0.6 is 11.3 Å². The second-order valence-corrected chi connectivity index (χ2v) is 10.9. The van der Waals surface area contributed by atoms with Gasteiger partial charge in [0.25, 0.3) is 5.91 Å². The first-order valence-corrected chi connectivity index (χ1v) is 12.6. The molecule has 1 aliphatic rings. The molecular formula is C22H26N4O4S2. The number of thiazole rings is 1. The number of nitrogens with one attached hydrogen (secondary N) is 1. The fourth-order valence-corrected chi connectivity index (χ4v) is 5.45. The van der Waals surface area contributed by atoms with E-state index in [0.29, 0.717) is 50.5 Å². The number of amides is 1. The number of carbonyl (C=O) groups is 1. The molecule has 0 radical (unpaired) electrons. The van der Waals surface area contributed by atoms with Crippen LogP contribution in [0.1, 0.15) is 15.4 Å². The molecule has 3 aromatic rings. The quantitative estimate of drug-likeness (QED) is 0.565. The average molecular weight is 475 g/mol. The molecule has 170 valence electrons. The number of sulfonamides is 1. The minimum atomic E-state index is -3.66. The molecule has 0 bridgehead atoms. The summed E-state index contributed by atoms with van der Waals surface area (Å²) in [5.74, 6) is -0.302. The van der Waals surface area contributed by atoms with E-state index < -0.39 is 10.0 Å². The maximum absolute atomic E-state index is 13.1. The maximum Gasteiger partial charge on any atom is 0.253 e. The predicted molar refractivity (Wildman–Crippen MR) is 126 cm³/mol. The van der Waals surface area contributed by atoms with Gasteiger partial charge >= 0.3 is 0 Å². The lowest BCUT2D eigenvalue weighted by Crippen LogP contribution is -2.38. The highest BCUT2D eigenvalue weighted by Crippen LogP contribution is 2.26. The normalized spacial score (nSPS) is 14.8. The number of anilines is 1. The SMILES string of the molecule is CN(C)S(=O)(=O)c1ccc(N2CCOCC2)c(C(=O)NCCc2nc3ccccc3s2)c1. The van der Waals surface area contributed by atoms with Gasteiger partial charge in [-0.05, 0) is 30.3 Å². The number of nitrogens with zero attached hydrogens (tertiary/aromatic N) is 3. The fourth-order valence-electron chi connectivity index (χ4n) is 3.55. The molecule has 0 spiro atoms. The first-order valence-electron chi connectivity index (χ1n) is 10.4. The Morgan fingerprint density at radius 3 is 2.66 bits per heavy atom. The molecule has 1 amide bonds. The maximum atomic E-state index is 13.1. The van der Waals surface area contributed by atoms with E-state index in [9.17, 15) is 13.2 Å². The number of ether oxygens (including phenoxy) is 1. The molecule has 2 aromatic carbocycles. The molecule has 0 atom stereocenters. The summed E-state index contributed by atoms with van der Waals surface area (Å²) in [6.07, 6.45) is 0.605. The van der Waals surface area contributed by atoms with Crippen LogP contribution in [0.25, 0.3) is 10.2 Å². The van der Waals surface area contributed by atoms with Crippen molar-refractivity contribution in [2.75, 3.05) is 51.8 Å². The molecule has 1 fully saturated rings. The van der Waals surface area contributed by atoms with Crippen LogP contribution in [0.15, 0.2) is 47.4 Å². The van der Waals surface area contributed by atoms with Crippen LogP contribution < -0.4 is 10.2 Å². The number of hydrogen-bond acceptors (Lipinski definition) is 7. The van der Waals surface area contributed by atoms with Crippen molar-refractivity contribution < 1.29 is 17.9 Å². The van der Waals surface area contributed by atoms with Gasteiger partial charge in [0.1, 0.15) is 0 Å². The van der Waals surface area contributed by atoms with Crippen molar-refractivity contribution >= 4 is 43.2 Å². The van der Waals surface area contributed by atoms with Crippen LogP contribution in [-0.4, -0.2) is 70.6 Å². The Morgan fingerprint density at radius 2 is 1.94 bits per heavy atom. The monoisotopic (exact) mass is 474 g/mol. The van der Waals surface area contributed by atoms with E-state index in [1.165, 1.54) is 20.2 Å². The Balaban J connectivity index is 1.55. The third-order valence-corrected chi connectivity index (χ3v) is 8.21. The largest absolute Gasteiger partial charge is 0.378 e. The first kappa shape index (κ1) is 22.7. The van der Waals surface area contributed by atoms with E-state index in [1.54, 1.807) is 23.5 Å². The molecule has 0 unspecified atom stereocenters. The minimum absolute atomic E-state index is 0.0934. The number of benzene rings is 2. The molecule has 4 rings (SSSR count). The second-order valence-electron chi connectivity index (χ2n) is 7.65. The van der Waals surface area contributed by atoms with E-state index in [-0.39, 0.29) is 10.8 Å². The molecule has 8 nitrogen and oxygen atoms in total. The Labute approximate surface area is 191 Å². The molecular weight excluding hydrogens is 448 g/mol. The number of morpholine rings is 1. The lowest BCUT2D eigenvalue weighted by molar-refractivity contribution is 0.0952. The van der Waals surface area contributed by atoms with Crippen LogP contribution in [-0.2, 0) is 21.2 Å². The van der Waals surface area contributed by atoms with E-state index in [0.717, 1.165) is 19.5 Å². The molecule has 0 saturated carbocycles. The third kappa shape index (κ3) is 4.78.